The van der Waals surface area contributed by atoms with Gasteiger partial charge in [0.1, 0.15) is 11.5 Å². The molecule has 2 heterocycles. The van der Waals surface area contributed by atoms with Gasteiger partial charge in [0.2, 0.25) is 0 Å². The van der Waals surface area contributed by atoms with Crippen molar-refractivity contribution in [2.45, 2.75) is 78.6 Å². The van der Waals surface area contributed by atoms with Crippen molar-refractivity contribution in [2.75, 3.05) is 30.4 Å². The second-order valence-electron chi connectivity index (χ2n) is 12.0. The van der Waals surface area contributed by atoms with Gasteiger partial charge in [-0.1, -0.05) is 52.4 Å². The second-order valence-corrected chi connectivity index (χ2v) is 17.8. The molecule has 196 valence electrons. The van der Waals surface area contributed by atoms with Crippen LogP contribution >= 0.6 is 0 Å². The van der Waals surface area contributed by atoms with E-state index in [9.17, 15) is 9.59 Å². The van der Waals surface area contributed by atoms with E-state index < -0.39 is 14.0 Å². The predicted octanol–water partition coefficient (Wildman–Crippen LogP) is 6.77. The smallest absolute Gasteiger partial charge is 0.337 e. The van der Waals surface area contributed by atoms with Gasteiger partial charge >= 0.3 is 5.97 Å². The lowest BCUT2D eigenvalue weighted by atomic mass is 10.0. The SMILES string of the molecule is COC(=O)c1cc(C)c(NC(=O)c2nc(N3CCC(CC[Si](C)(C)C(C)(C)C)C3)ccc2C)c(C)c1. The fourth-order valence-corrected chi connectivity index (χ4v) is 6.59. The molecule has 1 saturated heterocycles. The molecule has 2 aromatic rings. The van der Waals surface area contributed by atoms with Crippen molar-refractivity contribution in [3.63, 3.8) is 0 Å². The van der Waals surface area contributed by atoms with Crippen LogP contribution in [0.1, 0.15) is 71.1 Å². The number of nitrogens with one attached hydrogen (secondary N) is 1. The highest BCUT2D eigenvalue weighted by atomic mass is 28.3. The number of carbonyl (C=O) groups is 2. The highest BCUT2D eigenvalue weighted by molar-refractivity contribution is 6.80. The Morgan fingerprint density at radius 1 is 1.11 bits per heavy atom. The van der Waals surface area contributed by atoms with E-state index in [0.29, 0.717) is 27.9 Å². The zero-order chi connectivity index (χ0) is 26.8. The van der Waals surface area contributed by atoms with Gasteiger partial charge in [-0.15, -0.1) is 0 Å². The number of aryl methyl sites for hydroxylation is 3. The van der Waals surface area contributed by atoms with Crippen molar-refractivity contribution in [1.82, 2.24) is 4.98 Å². The Hall–Kier alpha value is -2.67. The molecule has 0 aliphatic carbocycles. The Balaban J connectivity index is 1.72. The third kappa shape index (κ3) is 6.17. The minimum Gasteiger partial charge on any atom is -0.465 e. The Kier molecular flexibility index (Phi) is 8.33. The van der Waals surface area contributed by atoms with Gasteiger partial charge in [0, 0.05) is 18.8 Å². The number of anilines is 2. The number of aromatic nitrogens is 1. The predicted molar refractivity (Wildman–Crippen MR) is 151 cm³/mol. The average molecular weight is 510 g/mol. The molecule has 1 aliphatic rings. The van der Waals surface area contributed by atoms with Gasteiger partial charge < -0.3 is 15.0 Å². The molecule has 0 radical (unpaired) electrons. The molecule has 1 fully saturated rings. The molecular weight excluding hydrogens is 466 g/mol. The molecule has 1 amide bonds. The van der Waals surface area contributed by atoms with Gasteiger partial charge in [0.25, 0.3) is 5.91 Å². The molecule has 0 spiro atoms. The topological polar surface area (TPSA) is 71.5 Å². The van der Waals surface area contributed by atoms with Crippen molar-refractivity contribution >= 4 is 31.5 Å². The van der Waals surface area contributed by atoms with Crippen LogP contribution in [0, 0.1) is 26.7 Å². The molecule has 6 nitrogen and oxygen atoms in total. The van der Waals surface area contributed by atoms with Gasteiger partial charge in [0.15, 0.2) is 0 Å². The van der Waals surface area contributed by atoms with Crippen LogP contribution in [0.15, 0.2) is 24.3 Å². The quantitative estimate of drug-likeness (QED) is 0.329. The first-order valence-electron chi connectivity index (χ1n) is 13.0. The summed E-state index contributed by atoms with van der Waals surface area (Å²) in [6, 6.07) is 8.83. The maximum absolute atomic E-state index is 13.3. The molecule has 1 aromatic carbocycles. The summed E-state index contributed by atoms with van der Waals surface area (Å²) in [5.74, 6) is 0.922. The van der Waals surface area contributed by atoms with Crippen LogP contribution in [0.5, 0.6) is 0 Å². The molecule has 1 aliphatic heterocycles. The largest absolute Gasteiger partial charge is 0.465 e. The number of benzene rings is 1. The summed E-state index contributed by atoms with van der Waals surface area (Å²) < 4.78 is 4.83. The molecular formula is C29H43N3O3Si. The number of esters is 1. The first-order chi connectivity index (χ1) is 16.7. The first kappa shape index (κ1) is 27.9. The summed E-state index contributed by atoms with van der Waals surface area (Å²) in [5.41, 5.74) is 4.06. The average Bonchev–Trinajstić information content (AvgIpc) is 3.28. The Labute approximate surface area is 217 Å². The van der Waals surface area contributed by atoms with Gasteiger partial charge in [-0.3, -0.25) is 4.79 Å². The van der Waals surface area contributed by atoms with Crippen LogP contribution in [-0.4, -0.2) is 45.1 Å². The molecule has 0 bridgehead atoms. The molecule has 36 heavy (non-hydrogen) atoms. The molecule has 0 saturated carbocycles. The van der Waals surface area contributed by atoms with Crippen molar-refractivity contribution < 1.29 is 14.3 Å². The fraction of sp³-hybridized carbons (Fsp3) is 0.552. The van der Waals surface area contributed by atoms with E-state index in [0.717, 1.165) is 35.6 Å². The molecule has 1 N–H and O–H groups in total. The first-order valence-corrected chi connectivity index (χ1v) is 16.2. The Morgan fingerprint density at radius 2 is 1.75 bits per heavy atom. The Morgan fingerprint density at radius 3 is 2.33 bits per heavy atom. The molecule has 3 rings (SSSR count). The van der Waals surface area contributed by atoms with Crippen molar-refractivity contribution in [3.8, 4) is 0 Å². The lowest BCUT2D eigenvalue weighted by molar-refractivity contribution is 0.0600. The fourth-order valence-electron chi connectivity index (χ4n) is 4.71. The lowest BCUT2D eigenvalue weighted by Crippen LogP contribution is -2.37. The minimum absolute atomic E-state index is 0.236. The van der Waals surface area contributed by atoms with Gasteiger partial charge in [-0.25, -0.2) is 9.78 Å². The number of methoxy groups -OCH3 is 1. The maximum atomic E-state index is 13.3. The van der Waals surface area contributed by atoms with Crippen molar-refractivity contribution in [3.05, 3.63) is 52.2 Å². The van der Waals surface area contributed by atoms with Crippen LogP contribution in [0.4, 0.5) is 11.5 Å². The molecule has 1 atom stereocenters. The van der Waals surface area contributed by atoms with Crippen LogP contribution in [0.2, 0.25) is 24.2 Å². The normalized spacial score (nSPS) is 16.2. The number of pyridine rings is 1. The van der Waals surface area contributed by atoms with E-state index in [1.807, 2.05) is 32.9 Å². The maximum Gasteiger partial charge on any atom is 0.337 e. The zero-order valence-corrected chi connectivity index (χ0v) is 24.5. The van der Waals surface area contributed by atoms with Crippen molar-refractivity contribution in [1.29, 1.82) is 0 Å². The van der Waals surface area contributed by atoms with Crippen LogP contribution < -0.4 is 10.2 Å². The molecule has 1 aromatic heterocycles. The van der Waals surface area contributed by atoms with Gasteiger partial charge in [-0.2, -0.15) is 0 Å². The summed E-state index contributed by atoms with van der Waals surface area (Å²) in [6.07, 6.45) is 2.45. The van der Waals surface area contributed by atoms with Gasteiger partial charge in [-0.05, 0) is 73.0 Å². The third-order valence-corrected chi connectivity index (χ3v) is 13.9. The van der Waals surface area contributed by atoms with E-state index in [4.69, 9.17) is 9.72 Å². The summed E-state index contributed by atoms with van der Waals surface area (Å²) in [6.45, 7) is 19.8. The third-order valence-electron chi connectivity index (χ3n) is 8.31. The highest BCUT2D eigenvalue weighted by Crippen LogP contribution is 2.41. The molecule has 1 unspecified atom stereocenters. The number of hydrogen-bond donors (Lipinski definition) is 1. The molecule has 7 heteroatoms. The number of hydrogen-bond acceptors (Lipinski definition) is 5. The minimum atomic E-state index is -1.28. The summed E-state index contributed by atoms with van der Waals surface area (Å²) in [7, 11) is 0.0857. The monoisotopic (exact) mass is 509 g/mol. The number of ether oxygens (including phenoxy) is 1. The van der Waals surface area contributed by atoms with E-state index in [2.05, 4.69) is 44.1 Å². The summed E-state index contributed by atoms with van der Waals surface area (Å²) >= 11 is 0. The van der Waals surface area contributed by atoms with E-state index >= 15 is 0 Å². The van der Waals surface area contributed by atoms with Crippen LogP contribution in [-0.2, 0) is 4.74 Å². The second kappa shape index (κ2) is 10.7. The van der Waals surface area contributed by atoms with E-state index in [1.165, 1.54) is 26.0 Å². The number of rotatable bonds is 7. The number of carbonyl (C=O) groups excluding carboxylic acids is 2. The van der Waals surface area contributed by atoms with Crippen LogP contribution in [0.3, 0.4) is 0 Å². The Bertz CT molecular complexity index is 1110. The summed E-state index contributed by atoms with van der Waals surface area (Å²) in [4.78, 5) is 32.3. The van der Waals surface area contributed by atoms with Gasteiger partial charge in [0.05, 0.1) is 20.7 Å². The van der Waals surface area contributed by atoms with E-state index in [-0.39, 0.29) is 5.91 Å². The number of nitrogens with zero attached hydrogens (tertiary/aromatic N) is 2. The van der Waals surface area contributed by atoms with Crippen molar-refractivity contribution in [2.24, 2.45) is 5.92 Å². The standard InChI is InChI=1S/C29H43N3O3Si/c1-19-10-11-24(32-14-12-22(18-32)13-15-36(8,9)29(4,5)6)30-26(19)27(33)31-25-20(2)16-23(17-21(25)3)28(34)35-7/h10-11,16-17,22H,12-15,18H2,1-9H3,(H,31,33). The number of amides is 1. The van der Waals surface area contributed by atoms with Crippen LogP contribution in [0.25, 0.3) is 0 Å². The summed E-state index contributed by atoms with van der Waals surface area (Å²) in [5, 5.41) is 3.45. The van der Waals surface area contributed by atoms with E-state index in [1.54, 1.807) is 12.1 Å². The highest BCUT2D eigenvalue weighted by Gasteiger charge is 2.36. The lowest BCUT2D eigenvalue weighted by Gasteiger charge is -2.37. The zero-order valence-electron chi connectivity index (χ0n) is 23.5.